The van der Waals surface area contributed by atoms with Crippen LogP contribution < -0.4 is 5.43 Å². The van der Waals surface area contributed by atoms with Gasteiger partial charge in [-0.15, -0.1) is 0 Å². The number of hydrazone groups is 1. The van der Waals surface area contributed by atoms with Gasteiger partial charge in [-0.2, -0.15) is 23.5 Å². The molecule has 0 amide bonds. The number of hydrogen-bond acceptors (Lipinski definition) is 6. The minimum absolute atomic E-state index is 0.0714. The number of benzene rings is 1. The van der Waals surface area contributed by atoms with Crippen LogP contribution in [0.5, 0.6) is 0 Å². The summed E-state index contributed by atoms with van der Waals surface area (Å²) in [6.07, 6.45) is 1.78. The van der Waals surface area contributed by atoms with E-state index < -0.39 is 29.3 Å². The van der Waals surface area contributed by atoms with Crippen molar-refractivity contribution in [3.8, 4) is 6.19 Å². The molecule has 1 fully saturated rings. The second-order valence-electron chi connectivity index (χ2n) is 8.30. The molecular weight excluding hydrogens is 445 g/mol. The SMILES string of the molecule is CN1CCC(c2cc(F)cc(F)c2C(F)(F)F)CC1.N#CN1CCC2C=C(C1)NN=C2C=O. The Labute approximate surface area is 188 Å². The minimum atomic E-state index is -4.80. The molecule has 4 rings (SSSR count). The number of carbonyl (C=O) groups excluding carboxylic acids is 1. The number of alkyl halides is 3. The van der Waals surface area contributed by atoms with Crippen LogP contribution in [0, 0.1) is 29.0 Å². The molecule has 1 aromatic carbocycles. The van der Waals surface area contributed by atoms with Crippen LogP contribution in [-0.4, -0.2) is 55.0 Å². The third kappa shape index (κ3) is 6.07. The van der Waals surface area contributed by atoms with Crippen LogP contribution in [0.2, 0.25) is 0 Å². The van der Waals surface area contributed by atoms with Gasteiger partial charge in [0.1, 0.15) is 17.3 Å². The third-order valence-corrected chi connectivity index (χ3v) is 5.97. The zero-order valence-electron chi connectivity index (χ0n) is 18.0. The van der Waals surface area contributed by atoms with Gasteiger partial charge >= 0.3 is 6.18 Å². The number of allylic oxidation sites excluding steroid dienone is 1. The van der Waals surface area contributed by atoms with E-state index >= 15 is 0 Å². The van der Waals surface area contributed by atoms with Gasteiger partial charge in [0.05, 0.1) is 17.8 Å². The molecule has 1 aromatic rings. The average Bonchev–Trinajstić information content (AvgIpc) is 2.92. The number of rotatable bonds is 2. The molecule has 3 aliphatic rings. The van der Waals surface area contributed by atoms with E-state index in [1.165, 1.54) is 0 Å². The van der Waals surface area contributed by atoms with E-state index in [1.807, 2.05) is 18.0 Å². The fourth-order valence-corrected chi connectivity index (χ4v) is 4.22. The molecule has 1 unspecified atom stereocenters. The van der Waals surface area contributed by atoms with Crippen molar-refractivity contribution in [2.75, 3.05) is 33.2 Å². The van der Waals surface area contributed by atoms with Crippen LogP contribution in [0.1, 0.15) is 36.3 Å². The molecule has 0 aliphatic carbocycles. The van der Waals surface area contributed by atoms with E-state index in [4.69, 9.17) is 5.26 Å². The maximum atomic E-state index is 13.5. The van der Waals surface area contributed by atoms with Crippen LogP contribution in [0.4, 0.5) is 22.0 Å². The van der Waals surface area contributed by atoms with Crippen molar-refractivity contribution < 1.29 is 26.7 Å². The Balaban J connectivity index is 0.000000194. The summed E-state index contributed by atoms with van der Waals surface area (Å²) in [7, 11) is 1.87. The number of likely N-dealkylation sites (tertiary alicyclic amines) is 1. The lowest BCUT2D eigenvalue weighted by molar-refractivity contribution is -0.141. The predicted molar refractivity (Wildman–Crippen MR) is 111 cm³/mol. The number of nitrogens with zero attached hydrogens (tertiary/aromatic N) is 4. The molecule has 0 spiro atoms. The number of carbonyl (C=O) groups is 1. The molecule has 0 radical (unpaired) electrons. The monoisotopic (exact) mass is 469 g/mol. The summed E-state index contributed by atoms with van der Waals surface area (Å²) in [6, 6.07) is 1.11. The van der Waals surface area contributed by atoms with Crippen molar-refractivity contribution in [1.29, 1.82) is 5.26 Å². The smallest absolute Gasteiger partial charge is 0.306 e. The Bertz CT molecular complexity index is 977. The summed E-state index contributed by atoms with van der Waals surface area (Å²) < 4.78 is 65.4. The van der Waals surface area contributed by atoms with Gasteiger partial charge < -0.3 is 9.80 Å². The van der Waals surface area contributed by atoms with Crippen molar-refractivity contribution in [2.24, 2.45) is 11.0 Å². The zero-order valence-corrected chi connectivity index (χ0v) is 18.0. The van der Waals surface area contributed by atoms with Crippen LogP contribution in [0.15, 0.2) is 29.0 Å². The molecule has 11 heteroatoms. The number of nitriles is 1. The van der Waals surface area contributed by atoms with Gasteiger partial charge in [-0.1, -0.05) is 6.08 Å². The topological polar surface area (TPSA) is 71.7 Å². The quantitative estimate of drug-likeness (QED) is 0.407. The summed E-state index contributed by atoms with van der Waals surface area (Å²) in [5.41, 5.74) is 2.64. The van der Waals surface area contributed by atoms with E-state index in [0.29, 0.717) is 50.8 Å². The Hall–Kier alpha value is -3.00. The molecular formula is C22H24F5N5O. The normalized spacial score (nSPS) is 21.5. The maximum absolute atomic E-state index is 13.5. The molecule has 3 heterocycles. The van der Waals surface area contributed by atoms with E-state index in [1.54, 1.807) is 4.90 Å². The summed E-state index contributed by atoms with van der Waals surface area (Å²) >= 11 is 0. The second kappa shape index (κ2) is 10.3. The second-order valence-corrected chi connectivity index (χ2v) is 8.30. The van der Waals surface area contributed by atoms with E-state index in [9.17, 15) is 26.7 Å². The van der Waals surface area contributed by atoms with Gasteiger partial charge in [0.25, 0.3) is 0 Å². The highest BCUT2D eigenvalue weighted by atomic mass is 19.4. The molecule has 33 heavy (non-hydrogen) atoms. The van der Waals surface area contributed by atoms with Gasteiger partial charge in [-0.3, -0.25) is 10.2 Å². The van der Waals surface area contributed by atoms with Crippen LogP contribution in [0.3, 0.4) is 0 Å². The Morgan fingerprint density at radius 3 is 2.48 bits per heavy atom. The molecule has 1 N–H and O–H groups in total. The first kappa shape index (κ1) is 24.6. The van der Waals surface area contributed by atoms with E-state index in [0.717, 1.165) is 24.5 Å². The summed E-state index contributed by atoms with van der Waals surface area (Å²) in [4.78, 5) is 14.3. The van der Waals surface area contributed by atoms with Crippen molar-refractivity contribution in [3.05, 3.63) is 46.7 Å². The minimum Gasteiger partial charge on any atom is -0.306 e. The zero-order chi connectivity index (χ0) is 24.2. The maximum Gasteiger partial charge on any atom is 0.419 e. The lowest BCUT2D eigenvalue weighted by Crippen LogP contribution is -2.30. The van der Waals surface area contributed by atoms with Gasteiger partial charge in [0.15, 0.2) is 12.5 Å². The van der Waals surface area contributed by atoms with E-state index in [2.05, 4.69) is 16.7 Å². The van der Waals surface area contributed by atoms with Crippen molar-refractivity contribution in [1.82, 2.24) is 15.2 Å². The molecule has 178 valence electrons. The van der Waals surface area contributed by atoms with Crippen molar-refractivity contribution in [2.45, 2.75) is 31.4 Å². The van der Waals surface area contributed by atoms with Crippen molar-refractivity contribution >= 4 is 12.0 Å². The molecule has 1 atom stereocenters. The number of aldehydes is 1. The standard InChI is InChI=1S/C13H14F5N.C9H10N4O/c1-19-4-2-8(3-5-19)10-6-9(14)7-11(15)12(10)13(16,17)18;10-6-13-2-1-7-3-8(4-13)11-12-9(7)5-14/h6-8H,2-5H2,1H3;3,5,7,11H,1-2,4H2. The Morgan fingerprint density at radius 2 is 1.88 bits per heavy atom. The molecule has 1 saturated heterocycles. The molecule has 6 nitrogen and oxygen atoms in total. The van der Waals surface area contributed by atoms with Gasteiger partial charge in [0, 0.05) is 18.5 Å². The number of nitrogens with one attached hydrogen (secondary N) is 1. The number of halogens is 5. The van der Waals surface area contributed by atoms with Gasteiger partial charge in [-0.25, -0.2) is 8.78 Å². The largest absolute Gasteiger partial charge is 0.419 e. The third-order valence-electron chi connectivity index (χ3n) is 5.97. The summed E-state index contributed by atoms with van der Waals surface area (Å²) in [5, 5.41) is 12.7. The fraction of sp³-hybridized carbons (Fsp3) is 0.500. The first-order valence-electron chi connectivity index (χ1n) is 10.5. The lowest BCUT2D eigenvalue weighted by atomic mass is 9.86. The molecule has 0 saturated carbocycles. The van der Waals surface area contributed by atoms with Crippen molar-refractivity contribution in [3.63, 3.8) is 0 Å². The van der Waals surface area contributed by atoms with Crippen LogP contribution in [-0.2, 0) is 11.0 Å². The molecule has 2 bridgehead atoms. The fourth-order valence-electron chi connectivity index (χ4n) is 4.22. The Kier molecular flexibility index (Phi) is 7.68. The highest BCUT2D eigenvalue weighted by Crippen LogP contribution is 2.40. The molecule has 0 aromatic heterocycles. The number of fused-ring (bicyclic) bond motifs is 1. The summed E-state index contributed by atoms with van der Waals surface area (Å²) in [5.74, 6) is -2.86. The van der Waals surface area contributed by atoms with Crippen LogP contribution >= 0.6 is 0 Å². The first-order valence-corrected chi connectivity index (χ1v) is 10.5. The average molecular weight is 469 g/mol. The molecule has 3 aliphatic heterocycles. The Morgan fingerprint density at radius 1 is 1.18 bits per heavy atom. The van der Waals surface area contributed by atoms with Gasteiger partial charge in [0.2, 0.25) is 0 Å². The van der Waals surface area contributed by atoms with Gasteiger partial charge in [-0.05, 0) is 56.9 Å². The summed E-state index contributed by atoms with van der Waals surface area (Å²) in [6.45, 7) is 2.48. The van der Waals surface area contributed by atoms with Crippen LogP contribution in [0.25, 0.3) is 0 Å². The first-order chi connectivity index (χ1) is 15.6. The lowest BCUT2D eigenvalue weighted by Gasteiger charge is -2.30. The highest BCUT2D eigenvalue weighted by molar-refractivity contribution is 6.29. The predicted octanol–water partition coefficient (Wildman–Crippen LogP) is 3.62. The number of hydrogen-bond donors (Lipinski definition) is 1. The van der Waals surface area contributed by atoms with E-state index in [-0.39, 0.29) is 11.5 Å². The number of piperidine rings is 1. The highest BCUT2D eigenvalue weighted by Gasteiger charge is 2.39.